The Hall–Kier alpha value is -1.87. The van der Waals surface area contributed by atoms with Crippen molar-refractivity contribution in [1.82, 2.24) is 9.88 Å². The molecule has 0 aromatic carbocycles. The van der Waals surface area contributed by atoms with Crippen LogP contribution in [0, 0.1) is 0 Å². The molecule has 8 nitrogen and oxygen atoms in total. The minimum atomic E-state index is -0.554. The average Bonchev–Trinajstić information content (AvgIpc) is 2.97. The molecule has 28 heavy (non-hydrogen) atoms. The highest BCUT2D eigenvalue weighted by molar-refractivity contribution is 7.13. The van der Waals surface area contributed by atoms with E-state index in [2.05, 4.69) is 10.3 Å². The molecule has 1 aliphatic rings. The summed E-state index contributed by atoms with van der Waals surface area (Å²) in [7, 11) is 0. The fraction of sp³-hybridized carbons (Fsp3) is 0.737. The average molecular weight is 414 g/mol. The van der Waals surface area contributed by atoms with Gasteiger partial charge in [0.25, 0.3) is 0 Å². The minimum Gasteiger partial charge on any atom is -0.444 e. The fourth-order valence-electron chi connectivity index (χ4n) is 2.56. The van der Waals surface area contributed by atoms with Gasteiger partial charge in [-0.05, 0) is 54.4 Å². The van der Waals surface area contributed by atoms with Gasteiger partial charge in [0, 0.05) is 18.5 Å². The lowest BCUT2D eigenvalue weighted by Gasteiger charge is -2.33. The first-order chi connectivity index (χ1) is 12.9. The third-order valence-electron chi connectivity index (χ3n) is 3.72. The van der Waals surface area contributed by atoms with Crippen molar-refractivity contribution in [2.75, 3.05) is 18.4 Å². The van der Waals surface area contributed by atoms with Gasteiger partial charge in [0.2, 0.25) is 0 Å². The molecule has 1 aromatic rings. The molecule has 1 saturated heterocycles. The van der Waals surface area contributed by atoms with Gasteiger partial charge in [0.1, 0.15) is 11.2 Å². The van der Waals surface area contributed by atoms with Crippen LogP contribution in [0.15, 0.2) is 5.38 Å². The van der Waals surface area contributed by atoms with E-state index in [0.29, 0.717) is 24.8 Å². The second-order valence-electron chi connectivity index (χ2n) is 8.75. The van der Waals surface area contributed by atoms with Crippen molar-refractivity contribution in [1.29, 1.82) is 0 Å². The summed E-state index contributed by atoms with van der Waals surface area (Å²) >= 11 is 1.33. The van der Waals surface area contributed by atoms with Crippen molar-refractivity contribution in [3.8, 4) is 0 Å². The van der Waals surface area contributed by atoms with Crippen molar-refractivity contribution in [2.45, 2.75) is 78.3 Å². The smallest absolute Gasteiger partial charge is 0.413 e. The number of likely N-dealkylation sites (tertiary alicyclic amines) is 1. The molecule has 158 valence electrons. The number of hydrogen-bond acceptors (Lipinski definition) is 7. The van der Waals surface area contributed by atoms with E-state index < -0.39 is 17.3 Å². The van der Waals surface area contributed by atoms with Crippen LogP contribution in [0.25, 0.3) is 0 Å². The Morgan fingerprint density at radius 3 is 2.32 bits per heavy atom. The number of carbonyl (C=O) groups excluding carboxylic acids is 2. The number of aromatic nitrogens is 1. The summed E-state index contributed by atoms with van der Waals surface area (Å²) < 4.78 is 16.5. The van der Waals surface area contributed by atoms with Gasteiger partial charge in [-0.1, -0.05) is 0 Å². The summed E-state index contributed by atoms with van der Waals surface area (Å²) in [6.45, 7) is 12.6. The lowest BCUT2D eigenvalue weighted by atomic mass is 10.1. The number of ether oxygens (including phenoxy) is 3. The number of hydrogen-bond donors (Lipinski definition) is 1. The highest BCUT2D eigenvalue weighted by Gasteiger charge is 2.27. The van der Waals surface area contributed by atoms with Gasteiger partial charge in [0.15, 0.2) is 5.13 Å². The second-order valence-corrected chi connectivity index (χ2v) is 9.61. The summed E-state index contributed by atoms with van der Waals surface area (Å²) in [5.74, 6) is 0. The molecule has 0 aliphatic carbocycles. The van der Waals surface area contributed by atoms with Crippen molar-refractivity contribution in [3.63, 3.8) is 0 Å². The van der Waals surface area contributed by atoms with E-state index in [0.717, 1.165) is 18.5 Å². The lowest BCUT2D eigenvalue weighted by molar-refractivity contribution is -0.0177. The predicted octanol–water partition coefficient (Wildman–Crippen LogP) is 4.41. The van der Waals surface area contributed by atoms with Gasteiger partial charge in [-0.3, -0.25) is 5.32 Å². The van der Waals surface area contributed by atoms with Crippen molar-refractivity contribution < 1.29 is 23.8 Å². The number of nitrogens with zero attached hydrogens (tertiary/aromatic N) is 2. The van der Waals surface area contributed by atoms with Crippen LogP contribution < -0.4 is 5.32 Å². The number of piperidine rings is 1. The molecule has 9 heteroatoms. The zero-order valence-corrected chi connectivity index (χ0v) is 18.4. The van der Waals surface area contributed by atoms with E-state index in [1.807, 2.05) is 46.9 Å². The maximum atomic E-state index is 12.1. The topological polar surface area (TPSA) is 90.0 Å². The normalized spacial score (nSPS) is 16.0. The number of carbonyl (C=O) groups is 2. The van der Waals surface area contributed by atoms with Crippen LogP contribution in [0.3, 0.4) is 0 Å². The van der Waals surface area contributed by atoms with E-state index in [1.165, 1.54) is 11.3 Å². The van der Waals surface area contributed by atoms with Crippen LogP contribution in [0.4, 0.5) is 14.7 Å². The van der Waals surface area contributed by atoms with E-state index in [9.17, 15) is 9.59 Å². The van der Waals surface area contributed by atoms with Crippen molar-refractivity contribution in [2.24, 2.45) is 0 Å². The summed E-state index contributed by atoms with van der Waals surface area (Å²) in [5, 5.41) is 4.96. The van der Waals surface area contributed by atoms with Gasteiger partial charge in [0.05, 0.1) is 18.4 Å². The quantitative estimate of drug-likeness (QED) is 0.786. The van der Waals surface area contributed by atoms with Crippen molar-refractivity contribution >= 4 is 28.7 Å². The Kier molecular flexibility index (Phi) is 7.28. The molecule has 0 radical (unpaired) electrons. The Bertz CT molecular complexity index is 670. The van der Waals surface area contributed by atoms with Gasteiger partial charge < -0.3 is 19.1 Å². The first kappa shape index (κ1) is 22.4. The molecule has 2 rings (SSSR count). The van der Waals surface area contributed by atoms with E-state index in [4.69, 9.17) is 14.2 Å². The maximum Gasteiger partial charge on any atom is 0.413 e. The lowest BCUT2D eigenvalue weighted by Crippen LogP contribution is -2.43. The maximum absolute atomic E-state index is 12.1. The number of thiazole rings is 1. The first-order valence-corrected chi connectivity index (χ1v) is 10.3. The highest BCUT2D eigenvalue weighted by Crippen LogP contribution is 2.21. The number of rotatable bonds is 4. The third-order valence-corrected chi connectivity index (χ3v) is 4.53. The Labute approximate surface area is 170 Å². The van der Waals surface area contributed by atoms with Gasteiger partial charge in [-0.25, -0.2) is 14.6 Å². The largest absolute Gasteiger partial charge is 0.444 e. The fourth-order valence-corrected chi connectivity index (χ4v) is 3.24. The molecule has 2 heterocycles. The predicted molar refractivity (Wildman–Crippen MR) is 108 cm³/mol. The van der Waals surface area contributed by atoms with E-state index >= 15 is 0 Å². The molecular formula is C19H31N3O5S. The number of amides is 2. The zero-order valence-electron chi connectivity index (χ0n) is 17.5. The minimum absolute atomic E-state index is 0.0719. The van der Waals surface area contributed by atoms with Crippen LogP contribution >= 0.6 is 11.3 Å². The Morgan fingerprint density at radius 2 is 1.75 bits per heavy atom. The molecule has 0 spiro atoms. The molecule has 1 aromatic heterocycles. The second kappa shape index (κ2) is 9.09. The van der Waals surface area contributed by atoms with Crippen LogP contribution in [0.1, 0.15) is 60.1 Å². The first-order valence-electron chi connectivity index (χ1n) is 9.45. The van der Waals surface area contributed by atoms with E-state index in [1.54, 1.807) is 4.90 Å². The summed E-state index contributed by atoms with van der Waals surface area (Å²) in [6, 6.07) is 0. The highest BCUT2D eigenvalue weighted by atomic mass is 32.1. The molecule has 0 atom stereocenters. The number of nitrogens with one attached hydrogen (secondary N) is 1. The van der Waals surface area contributed by atoms with Gasteiger partial charge in [-0.15, -0.1) is 11.3 Å². The Balaban J connectivity index is 1.72. The summed E-state index contributed by atoms with van der Waals surface area (Å²) in [6.07, 6.45) is 0.786. The molecule has 1 aliphatic heterocycles. The van der Waals surface area contributed by atoms with Crippen LogP contribution in [-0.2, 0) is 20.8 Å². The van der Waals surface area contributed by atoms with Crippen molar-refractivity contribution in [3.05, 3.63) is 11.1 Å². The van der Waals surface area contributed by atoms with Crippen LogP contribution in [0.2, 0.25) is 0 Å². The third kappa shape index (κ3) is 8.02. The Morgan fingerprint density at radius 1 is 1.14 bits per heavy atom. The SMILES string of the molecule is CC(C)(C)OC(=O)Nc1nc(COC2CCN(C(=O)OC(C)(C)C)CC2)cs1. The van der Waals surface area contributed by atoms with Gasteiger partial charge in [-0.2, -0.15) is 0 Å². The summed E-state index contributed by atoms with van der Waals surface area (Å²) in [4.78, 5) is 29.9. The molecule has 2 amide bonds. The standard InChI is InChI=1S/C19H31N3O5S/c1-18(2,3)26-16(23)21-15-20-13(12-28-15)11-25-14-7-9-22(10-8-14)17(24)27-19(4,5)6/h12,14H,7-11H2,1-6H3,(H,20,21,23). The molecule has 0 unspecified atom stereocenters. The van der Waals surface area contributed by atoms with E-state index in [-0.39, 0.29) is 12.2 Å². The zero-order chi connectivity index (χ0) is 20.9. The van der Waals surface area contributed by atoms with Crippen LogP contribution in [-0.4, -0.2) is 52.5 Å². The number of anilines is 1. The molecular weight excluding hydrogens is 382 g/mol. The molecule has 1 N–H and O–H groups in total. The molecule has 1 fully saturated rings. The van der Waals surface area contributed by atoms with Crippen LogP contribution in [0.5, 0.6) is 0 Å². The molecule has 0 bridgehead atoms. The van der Waals surface area contributed by atoms with Gasteiger partial charge >= 0.3 is 12.2 Å². The summed E-state index contributed by atoms with van der Waals surface area (Å²) in [5.41, 5.74) is -0.285. The monoisotopic (exact) mass is 413 g/mol. The molecule has 0 saturated carbocycles.